The third-order valence-corrected chi connectivity index (χ3v) is 4.82. The molecule has 1 atom stereocenters. The number of piperidine rings is 1. The fourth-order valence-electron chi connectivity index (χ4n) is 3.60. The van der Waals surface area contributed by atoms with E-state index in [0.29, 0.717) is 0 Å². The minimum absolute atomic E-state index is 0.0121. The molecule has 2 rings (SSSR count). The molecular formula is C15H29N3O. The van der Waals surface area contributed by atoms with Gasteiger partial charge >= 0.3 is 0 Å². The number of carbonyl (C=O) groups is 1. The molecular weight excluding hydrogens is 238 g/mol. The van der Waals surface area contributed by atoms with Crippen molar-refractivity contribution in [1.29, 1.82) is 0 Å². The Kier molecular flexibility index (Phi) is 5.22. The van der Waals surface area contributed by atoms with Crippen LogP contribution >= 0.6 is 0 Å². The Labute approximate surface area is 117 Å². The lowest BCUT2D eigenvalue weighted by Gasteiger charge is -2.48. The maximum Gasteiger partial charge on any atom is 0.236 e. The number of likely N-dealkylation sites (tertiary alicyclic amines) is 1. The molecule has 0 aromatic rings. The molecule has 0 unspecified atom stereocenters. The van der Waals surface area contributed by atoms with Crippen LogP contribution in [0.4, 0.5) is 0 Å². The van der Waals surface area contributed by atoms with E-state index in [1.54, 1.807) is 6.92 Å². The Morgan fingerprint density at radius 3 is 2.32 bits per heavy atom. The van der Waals surface area contributed by atoms with Crippen LogP contribution < -0.4 is 11.1 Å². The predicted octanol–water partition coefficient (Wildman–Crippen LogP) is 1.64. The molecule has 3 N–H and O–H groups in total. The summed E-state index contributed by atoms with van der Waals surface area (Å²) in [4.78, 5) is 14.4. The second-order valence-corrected chi connectivity index (χ2v) is 6.34. The van der Waals surface area contributed by atoms with Crippen molar-refractivity contribution < 1.29 is 4.79 Å². The van der Waals surface area contributed by atoms with Crippen LogP contribution in [-0.2, 0) is 4.79 Å². The maximum absolute atomic E-state index is 11.8. The molecule has 1 aliphatic heterocycles. The molecule has 0 aromatic heterocycles. The molecule has 4 nitrogen and oxygen atoms in total. The van der Waals surface area contributed by atoms with Gasteiger partial charge in [0.05, 0.1) is 6.04 Å². The summed E-state index contributed by atoms with van der Waals surface area (Å²) in [5.41, 5.74) is 5.86. The molecule has 19 heavy (non-hydrogen) atoms. The highest BCUT2D eigenvalue weighted by atomic mass is 16.2. The van der Waals surface area contributed by atoms with Gasteiger partial charge in [0, 0.05) is 12.1 Å². The van der Waals surface area contributed by atoms with Crippen molar-refractivity contribution in [3.8, 4) is 0 Å². The normalized spacial score (nSPS) is 25.8. The Morgan fingerprint density at radius 1 is 1.16 bits per heavy atom. The summed E-state index contributed by atoms with van der Waals surface area (Å²) in [6.07, 6.45) is 10.4. The molecule has 1 heterocycles. The van der Waals surface area contributed by atoms with Crippen molar-refractivity contribution in [2.75, 3.05) is 19.6 Å². The molecule has 110 valence electrons. The van der Waals surface area contributed by atoms with Crippen LogP contribution in [0.15, 0.2) is 0 Å². The van der Waals surface area contributed by atoms with E-state index in [-0.39, 0.29) is 11.4 Å². The quantitative estimate of drug-likeness (QED) is 0.814. The van der Waals surface area contributed by atoms with Crippen molar-refractivity contribution >= 4 is 5.91 Å². The molecule has 1 amide bonds. The number of carbonyl (C=O) groups excluding carboxylic acids is 1. The van der Waals surface area contributed by atoms with E-state index >= 15 is 0 Å². The highest BCUT2D eigenvalue weighted by molar-refractivity contribution is 5.81. The van der Waals surface area contributed by atoms with Crippen molar-refractivity contribution in [3.63, 3.8) is 0 Å². The average Bonchev–Trinajstić information content (AvgIpc) is 2.46. The largest absolute Gasteiger partial charge is 0.353 e. The van der Waals surface area contributed by atoms with Crippen LogP contribution in [-0.4, -0.2) is 42.0 Å². The maximum atomic E-state index is 11.8. The van der Waals surface area contributed by atoms with E-state index in [1.807, 2.05) is 0 Å². The highest BCUT2D eigenvalue weighted by Crippen LogP contribution is 2.35. The van der Waals surface area contributed by atoms with E-state index in [2.05, 4.69) is 10.2 Å². The predicted molar refractivity (Wildman–Crippen MR) is 77.9 cm³/mol. The fraction of sp³-hybridized carbons (Fsp3) is 0.933. The van der Waals surface area contributed by atoms with Gasteiger partial charge in [-0.15, -0.1) is 0 Å². The Morgan fingerprint density at radius 2 is 1.74 bits per heavy atom. The third-order valence-electron chi connectivity index (χ3n) is 4.82. The Hall–Kier alpha value is -0.610. The summed E-state index contributed by atoms with van der Waals surface area (Å²) >= 11 is 0. The molecule has 1 aliphatic carbocycles. The van der Waals surface area contributed by atoms with Gasteiger partial charge in [0.2, 0.25) is 5.91 Å². The minimum Gasteiger partial charge on any atom is -0.353 e. The average molecular weight is 267 g/mol. The van der Waals surface area contributed by atoms with Crippen LogP contribution in [0.1, 0.15) is 58.3 Å². The van der Waals surface area contributed by atoms with E-state index in [4.69, 9.17) is 5.73 Å². The van der Waals surface area contributed by atoms with Crippen LogP contribution in [0.3, 0.4) is 0 Å². The first-order chi connectivity index (χ1) is 9.14. The van der Waals surface area contributed by atoms with E-state index in [9.17, 15) is 4.79 Å². The van der Waals surface area contributed by atoms with Gasteiger partial charge in [-0.05, 0) is 45.7 Å². The lowest BCUT2D eigenvalue weighted by molar-refractivity contribution is -0.123. The van der Waals surface area contributed by atoms with Crippen LogP contribution in [0.5, 0.6) is 0 Å². The van der Waals surface area contributed by atoms with E-state index in [0.717, 1.165) is 6.54 Å². The van der Waals surface area contributed by atoms with Crippen LogP contribution in [0.2, 0.25) is 0 Å². The summed E-state index contributed by atoms with van der Waals surface area (Å²) in [6, 6.07) is -0.401. The van der Waals surface area contributed by atoms with E-state index < -0.39 is 6.04 Å². The first-order valence-corrected chi connectivity index (χ1v) is 7.92. The second kappa shape index (κ2) is 6.71. The zero-order valence-electron chi connectivity index (χ0n) is 12.3. The molecule has 0 bridgehead atoms. The zero-order valence-corrected chi connectivity index (χ0v) is 12.3. The number of nitrogens with one attached hydrogen (secondary N) is 1. The number of amides is 1. The van der Waals surface area contributed by atoms with Gasteiger partial charge in [0.1, 0.15) is 0 Å². The summed E-state index contributed by atoms with van der Waals surface area (Å²) in [6.45, 7) is 4.94. The lowest BCUT2D eigenvalue weighted by Crippen LogP contribution is -2.59. The molecule has 0 aromatic carbocycles. The molecule has 1 saturated heterocycles. The lowest BCUT2D eigenvalue weighted by atomic mass is 9.79. The topological polar surface area (TPSA) is 58.4 Å². The van der Waals surface area contributed by atoms with Gasteiger partial charge in [-0.25, -0.2) is 0 Å². The molecule has 4 heteroatoms. The summed E-state index contributed by atoms with van der Waals surface area (Å²) in [7, 11) is 0. The number of hydrogen-bond donors (Lipinski definition) is 2. The first-order valence-electron chi connectivity index (χ1n) is 7.92. The van der Waals surface area contributed by atoms with E-state index in [1.165, 1.54) is 64.5 Å². The van der Waals surface area contributed by atoms with Gasteiger partial charge in [-0.3, -0.25) is 9.69 Å². The Bertz CT molecular complexity index is 292. The number of nitrogens with two attached hydrogens (primary N) is 1. The standard InChI is InChI=1S/C15H29N3O/c1-13(16)14(19)17-12-15(8-4-2-5-9-15)18-10-6-3-7-11-18/h13H,2-12,16H2,1H3,(H,17,19)/t13-/m1/s1. The minimum atomic E-state index is -0.401. The number of hydrogen-bond acceptors (Lipinski definition) is 3. The number of rotatable bonds is 4. The summed E-state index contributed by atoms with van der Waals surface area (Å²) in [5, 5.41) is 3.08. The van der Waals surface area contributed by atoms with Crippen molar-refractivity contribution in [3.05, 3.63) is 0 Å². The van der Waals surface area contributed by atoms with Gasteiger partial charge in [-0.2, -0.15) is 0 Å². The molecule has 2 aliphatic rings. The molecule has 2 fully saturated rings. The van der Waals surface area contributed by atoms with Crippen molar-refractivity contribution in [2.45, 2.75) is 69.9 Å². The molecule has 0 radical (unpaired) electrons. The van der Waals surface area contributed by atoms with Crippen LogP contribution in [0.25, 0.3) is 0 Å². The van der Waals surface area contributed by atoms with Gasteiger partial charge < -0.3 is 11.1 Å². The monoisotopic (exact) mass is 267 g/mol. The number of nitrogens with zero attached hydrogens (tertiary/aromatic N) is 1. The van der Waals surface area contributed by atoms with Crippen molar-refractivity contribution in [2.24, 2.45) is 5.73 Å². The summed E-state index contributed by atoms with van der Waals surface area (Å²) in [5.74, 6) is -0.0121. The van der Waals surface area contributed by atoms with Gasteiger partial charge in [0.25, 0.3) is 0 Å². The SMILES string of the molecule is C[C@@H](N)C(=O)NCC1(N2CCCCC2)CCCCC1. The van der Waals surface area contributed by atoms with Gasteiger partial charge in [0.15, 0.2) is 0 Å². The molecule has 1 saturated carbocycles. The highest BCUT2D eigenvalue weighted by Gasteiger charge is 2.38. The first kappa shape index (κ1) is 14.8. The molecule has 0 spiro atoms. The fourth-order valence-corrected chi connectivity index (χ4v) is 3.60. The van der Waals surface area contributed by atoms with Crippen LogP contribution in [0, 0.1) is 0 Å². The Balaban J connectivity index is 1.99. The van der Waals surface area contributed by atoms with Gasteiger partial charge in [-0.1, -0.05) is 25.7 Å². The smallest absolute Gasteiger partial charge is 0.236 e. The third kappa shape index (κ3) is 3.69. The van der Waals surface area contributed by atoms with Crippen molar-refractivity contribution in [1.82, 2.24) is 10.2 Å². The summed E-state index contributed by atoms with van der Waals surface area (Å²) < 4.78 is 0. The second-order valence-electron chi connectivity index (χ2n) is 6.34. The zero-order chi connectivity index (χ0) is 13.7.